The first-order chi connectivity index (χ1) is 12.1. The van der Waals surface area contributed by atoms with E-state index in [9.17, 15) is 9.90 Å². The molecule has 2 aromatic carbocycles. The maximum absolute atomic E-state index is 13.1. The molecule has 4 nitrogen and oxygen atoms in total. The summed E-state index contributed by atoms with van der Waals surface area (Å²) in [6, 6.07) is 17.8. The predicted molar refractivity (Wildman–Crippen MR) is 99.7 cm³/mol. The molecule has 0 aliphatic carbocycles. The molecule has 0 radical (unpaired) electrons. The summed E-state index contributed by atoms with van der Waals surface area (Å²) in [7, 11) is 0. The van der Waals surface area contributed by atoms with Crippen molar-refractivity contribution in [1.29, 1.82) is 0 Å². The summed E-state index contributed by atoms with van der Waals surface area (Å²) in [5.41, 5.74) is 4.31. The highest BCUT2D eigenvalue weighted by atomic mass is 16.3. The average Bonchev–Trinajstić information content (AvgIpc) is 2.63. The molecule has 128 valence electrons. The molecule has 3 aromatic rings. The van der Waals surface area contributed by atoms with Gasteiger partial charge in [-0.1, -0.05) is 54.6 Å². The van der Waals surface area contributed by atoms with Crippen LogP contribution in [0.3, 0.4) is 0 Å². The van der Waals surface area contributed by atoms with Gasteiger partial charge in [-0.15, -0.1) is 0 Å². The molecule has 1 heterocycles. The number of aliphatic hydroxyl groups excluding tert-OH is 1. The standard InChI is InChI=1S/C21H22N2O2/c1-15-8-6-7-11-18(15)14-23-20(17-9-4-3-5-10-17)22-16(2)19(12-13-24)21(23)25/h3-11,24H,12-14H2,1-2H3. The summed E-state index contributed by atoms with van der Waals surface area (Å²) in [5, 5.41) is 9.30. The first kappa shape index (κ1) is 17.1. The first-order valence-electron chi connectivity index (χ1n) is 8.43. The molecule has 0 spiro atoms. The van der Waals surface area contributed by atoms with Crippen LogP contribution in [0, 0.1) is 13.8 Å². The fourth-order valence-electron chi connectivity index (χ4n) is 3.01. The topological polar surface area (TPSA) is 55.1 Å². The van der Waals surface area contributed by atoms with Gasteiger partial charge >= 0.3 is 0 Å². The van der Waals surface area contributed by atoms with Gasteiger partial charge in [0.05, 0.1) is 6.54 Å². The van der Waals surface area contributed by atoms with E-state index in [1.165, 1.54) is 0 Å². The lowest BCUT2D eigenvalue weighted by Crippen LogP contribution is -2.29. The van der Waals surface area contributed by atoms with E-state index in [1.54, 1.807) is 4.57 Å². The van der Waals surface area contributed by atoms with Crippen molar-refractivity contribution < 1.29 is 5.11 Å². The smallest absolute Gasteiger partial charge is 0.257 e. The van der Waals surface area contributed by atoms with Gasteiger partial charge in [0.25, 0.3) is 5.56 Å². The van der Waals surface area contributed by atoms with Gasteiger partial charge in [0.2, 0.25) is 0 Å². The fraction of sp³-hybridized carbons (Fsp3) is 0.238. The third-order valence-electron chi connectivity index (χ3n) is 4.45. The predicted octanol–water partition coefficient (Wildman–Crippen LogP) is 3.11. The third kappa shape index (κ3) is 3.54. The van der Waals surface area contributed by atoms with Crippen LogP contribution in [0.2, 0.25) is 0 Å². The van der Waals surface area contributed by atoms with Gasteiger partial charge < -0.3 is 5.11 Å². The van der Waals surface area contributed by atoms with Crippen molar-refractivity contribution in [2.24, 2.45) is 0 Å². The monoisotopic (exact) mass is 334 g/mol. The minimum Gasteiger partial charge on any atom is -0.396 e. The van der Waals surface area contributed by atoms with Gasteiger partial charge in [0.1, 0.15) is 5.82 Å². The Morgan fingerprint density at radius 2 is 1.68 bits per heavy atom. The third-order valence-corrected chi connectivity index (χ3v) is 4.45. The van der Waals surface area contributed by atoms with E-state index < -0.39 is 0 Å². The van der Waals surface area contributed by atoms with Gasteiger partial charge in [-0.25, -0.2) is 4.98 Å². The number of hydrogen-bond donors (Lipinski definition) is 1. The fourth-order valence-corrected chi connectivity index (χ4v) is 3.01. The van der Waals surface area contributed by atoms with Crippen molar-refractivity contribution in [3.63, 3.8) is 0 Å². The van der Waals surface area contributed by atoms with Crippen LogP contribution in [-0.2, 0) is 13.0 Å². The summed E-state index contributed by atoms with van der Waals surface area (Å²) in [6.07, 6.45) is 0.320. The molecule has 4 heteroatoms. The van der Waals surface area contributed by atoms with Crippen LogP contribution in [0.4, 0.5) is 0 Å². The molecular weight excluding hydrogens is 312 g/mol. The number of benzene rings is 2. The SMILES string of the molecule is Cc1ccccc1Cn1c(-c2ccccc2)nc(C)c(CCO)c1=O. The summed E-state index contributed by atoms with van der Waals surface area (Å²) in [4.78, 5) is 17.8. The molecule has 0 saturated heterocycles. The molecule has 0 aliphatic heterocycles. The van der Waals surface area contributed by atoms with Crippen LogP contribution >= 0.6 is 0 Å². The van der Waals surface area contributed by atoms with Crippen LogP contribution in [-0.4, -0.2) is 21.3 Å². The molecule has 1 N–H and O–H groups in total. The lowest BCUT2D eigenvalue weighted by atomic mass is 10.1. The van der Waals surface area contributed by atoms with E-state index in [2.05, 4.69) is 0 Å². The van der Waals surface area contributed by atoms with E-state index in [1.807, 2.05) is 68.4 Å². The van der Waals surface area contributed by atoms with E-state index in [0.717, 1.165) is 16.7 Å². The lowest BCUT2D eigenvalue weighted by Gasteiger charge is -2.17. The molecule has 0 aliphatic rings. The zero-order valence-electron chi connectivity index (χ0n) is 14.6. The molecule has 0 saturated carbocycles. The Morgan fingerprint density at radius 1 is 1.00 bits per heavy atom. The summed E-state index contributed by atoms with van der Waals surface area (Å²) in [6.45, 7) is 4.27. The highest BCUT2D eigenvalue weighted by molar-refractivity contribution is 5.56. The lowest BCUT2D eigenvalue weighted by molar-refractivity contribution is 0.298. The van der Waals surface area contributed by atoms with E-state index in [4.69, 9.17) is 4.98 Å². The van der Waals surface area contributed by atoms with E-state index >= 15 is 0 Å². The molecular formula is C21H22N2O2. The summed E-state index contributed by atoms with van der Waals surface area (Å²) < 4.78 is 1.72. The van der Waals surface area contributed by atoms with Crippen molar-refractivity contribution in [2.45, 2.75) is 26.8 Å². The molecule has 0 bridgehead atoms. The van der Waals surface area contributed by atoms with E-state index in [-0.39, 0.29) is 12.2 Å². The number of aliphatic hydroxyl groups is 1. The second-order valence-corrected chi connectivity index (χ2v) is 6.16. The van der Waals surface area contributed by atoms with Gasteiger partial charge in [-0.2, -0.15) is 0 Å². The van der Waals surface area contributed by atoms with Crippen molar-refractivity contribution in [3.05, 3.63) is 87.3 Å². The number of rotatable bonds is 5. The Bertz CT molecular complexity index is 930. The molecule has 3 rings (SSSR count). The summed E-state index contributed by atoms with van der Waals surface area (Å²) in [5.74, 6) is 0.660. The van der Waals surface area contributed by atoms with Crippen LogP contribution in [0.15, 0.2) is 59.4 Å². The van der Waals surface area contributed by atoms with Crippen LogP contribution in [0.25, 0.3) is 11.4 Å². The minimum absolute atomic E-state index is 0.0627. The highest BCUT2D eigenvalue weighted by Crippen LogP contribution is 2.19. The largest absolute Gasteiger partial charge is 0.396 e. The quantitative estimate of drug-likeness (QED) is 0.780. The Morgan fingerprint density at radius 3 is 2.36 bits per heavy atom. The highest BCUT2D eigenvalue weighted by Gasteiger charge is 2.16. The molecule has 0 unspecified atom stereocenters. The van der Waals surface area contributed by atoms with Crippen molar-refractivity contribution in [3.8, 4) is 11.4 Å². The van der Waals surface area contributed by atoms with Gasteiger partial charge in [0.15, 0.2) is 0 Å². The molecule has 1 aromatic heterocycles. The van der Waals surface area contributed by atoms with Crippen LogP contribution in [0.1, 0.15) is 22.4 Å². The zero-order chi connectivity index (χ0) is 17.8. The number of aryl methyl sites for hydroxylation is 2. The van der Waals surface area contributed by atoms with Gasteiger partial charge in [-0.3, -0.25) is 9.36 Å². The van der Waals surface area contributed by atoms with Gasteiger partial charge in [-0.05, 0) is 25.0 Å². The van der Waals surface area contributed by atoms with Crippen molar-refractivity contribution >= 4 is 0 Å². The van der Waals surface area contributed by atoms with Gasteiger partial charge in [0, 0.05) is 29.8 Å². The van der Waals surface area contributed by atoms with Crippen LogP contribution in [0.5, 0.6) is 0 Å². The van der Waals surface area contributed by atoms with Crippen LogP contribution < -0.4 is 5.56 Å². The second-order valence-electron chi connectivity index (χ2n) is 6.16. The van der Waals surface area contributed by atoms with Crippen molar-refractivity contribution in [2.75, 3.05) is 6.61 Å². The molecule has 0 atom stereocenters. The Hall–Kier alpha value is -2.72. The van der Waals surface area contributed by atoms with E-state index in [0.29, 0.717) is 30.0 Å². The molecule has 25 heavy (non-hydrogen) atoms. The Labute approximate surface area is 147 Å². The first-order valence-corrected chi connectivity index (χ1v) is 8.43. The molecule has 0 fully saturated rings. The maximum Gasteiger partial charge on any atom is 0.257 e. The minimum atomic E-state index is -0.0799. The Balaban J connectivity index is 2.21. The number of hydrogen-bond acceptors (Lipinski definition) is 3. The number of nitrogens with zero attached hydrogens (tertiary/aromatic N) is 2. The zero-order valence-corrected chi connectivity index (χ0v) is 14.6. The van der Waals surface area contributed by atoms with Crippen molar-refractivity contribution in [1.82, 2.24) is 9.55 Å². The average molecular weight is 334 g/mol. The summed E-state index contributed by atoms with van der Waals surface area (Å²) >= 11 is 0. The Kier molecular flexibility index (Phi) is 5.10. The molecule has 0 amide bonds. The normalized spacial score (nSPS) is 10.8. The number of aromatic nitrogens is 2. The maximum atomic E-state index is 13.1. The second kappa shape index (κ2) is 7.45.